The molecule has 0 spiro atoms. The van der Waals surface area contributed by atoms with Gasteiger partial charge in [0, 0.05) is 27.2 Å². The van der Waals surface area contributed by atoms with Crippen LogP contribution in [0.25, 0.3) is 11.2 Å². The van der Waals surface area contributed by atoms with Gasteiger partial charge in [-0.25, -0.2) is 9.78 Å². The van der Waals surface area contributed by atoms with Gasteiger partial charge < -0.3 is 9.88 Å². The molecule has 0 atom stereocenters. The molecular weight excluding hydrogens is 290 g/mol. The third-order valence-electron chi connectivity index (χ3n) is 3.30. The summed E-state index contributed by atoms with van der Waals surface area (Å²) in [6.07, 6.45) is 1.28. The first-order valence-corrected chi connectivity index (χ1v) is 6.70. The van der Waals surface area contributed by atoms with Gasteiger partial charge in [0.25, 0.3) is 5.56 Å². The van der Waals surface area contributed by atoms with Crippen molar-refractivity contribution < 1.29 is 9.59 Å². The number of fused-ring (bicyclic) bond motifs is 1. The van der Waals surface area contributed by atoms with E-state index in [2.05, 4.69) is 10.3 Å². The molecule has 22 heavy (non-hydrogen) atoms. The molecule has 1 N–H and O–H groups in total. The fourth-order valence-corrected chi connectivity index (χ4v) is 2.17. The van der Waals surface area contributed by atoms with E-state index >= 15 is 0 Å². The predicted octanol–water partition coefficient (Wildman–Crippen LogP) is -1.47. The van der Waals surface area contributed by atoms with Crippen LogP contribution < -0.4 is 16.6 Å². The normalized spacial score (nSPS) is 10.9. The van der Waals surface area contributed by atoms with Crippen LogP contribution in [0.5, 0.6) is 0 Å². The summed E-state index contributed by atoms with van der Waals surface area (Å²) < 4.78 is 3.88. The van der Waals surface area contributed by atoms with Gasteiger partial charge in [0.1, 0.15) is 5.78 Å². The number of imidazole rings is 1. The van der Waals surface area contributed by atoms with Gasteiger partial charge >= 0.3 is 5.69 Å². The highest BCUT2D eigenvalue weighted by atomic mass is 16.2. The third-order valence-corrected chi connectivity index (χ3v) is 3.30. The molecule has 0 bridgehead atoms. The molecule has 0 aliphatic carbocycles. The van der Waals surface area contributed by atoms with Crippen molar-refractivity contribution in [2.75, 3.05) is 6.54 Å². The number of nitrogens with zero attached hydrogens (tertiary/aromatic N) is 4. The quantitative estimate of drug-likeness (QED) is 0.678. The summed E-state index contributed by atoms with van der Waals surface area (Å²) >= 11 is 0. The highest BCUT2D eigenvalue weighted by molar-refractivity contribution is 5.96. The maximum Gasteiger partial charge on any atom is 0.332 e. The average Bonchev–Trinajstić information content (AvgIpc) is 2.86. The Balaban J connectivity index is 2.24. The topological polar surface area (TPSA) is 108 Å². The molecule has 0 aromatic carbocycles. The maximum atomic E-state index is 12.2. The van der Waals surface area contributed by atoms with E-state index in [1.807, 2.05) is 0 Å². The predicted molar refractivity (Wildman–Crippen MR) is 78.5 cm³/mol. The van der Waals surface area contributed by atoms with Crippen LogP contribution in [0.1, 0.15) is 13.3 Å². The lowest BCUT2D eigenvalue weighted by molar-refractivity contribution is -0.127. The summed E-state index contributed by atoms with van der Waals surface area (Å²) in [6, 6.07) is 0. The number of carbonyl (C=O) groups is 2. The molecule has 1 amide bonds. The van der Waals surface area contributed by atoms with E-state index in [9.17, 15) is 19.2 Å². The summed E-state index contributed by atoms with van der Waals surface area (Å²) in [6.45, 7) is 1.91. The summed E-state index contributed by atoms with van der Waals surface area (Å²) in [7, 11) is 2.94. The number of amides is 1. The van der Waals surface area contributed by atoms with E-state index in [-0.39, 0.29) is 24.7 Å². The summed E-state index contributed by atoms with van der Waals surface area (Å²) in [5.41, 5.74) is -0.295. The Kier molecular flexibility index (Phi) is 4.25. The summed E-state index contributed by atoms with van der Waals surface area (Å²) in [5, 5.41) is 2.59. The number of rotatable bonds is 5. The zero-order valence-electron chi connectivity index (χ0n) is 12.6. The van der Waals surface area contributed by atoms with Gasteiger partial charge in [-0.05, 0) is 6.92 Å². The highest BCUT2D eigenvalue weighted by Crippen LogP contribution is 2.04. The van der Waals surface area contributed by atoms with E-state index in [4.69, 9.17) is 0 Å². The lowest BCUT2D eigenvalue weighted by Gasteiger charge is -2.07. The van der Waals surface area contributed by atoms with Crippen LogP contribution in [0.15, 0.2) is 15.9 Å². The summed E-state index contributed by atoms with van der Waals surface area (Å²) in [5.74, 6) is -0.577. The monoisotopic (exact) mass is 307 g/mol. The van der Waals surface area contributed by atoms with Crippen LogP contribution in [-0.2, 0) is 30.2 Å². The van der Waals surface area contributed by atoms with E-state index in [1.165, 1.54) is 31.9 Å². The van der Waals surface area contributed by atoms with Crippen LogP contribution in [0.2, 0.25) is 0 Å². The molecule has 0 aliphatic rings. The Bertz CT molecular complexity index is 858. The second kappa shape index (κ2) is 5.96. The number of hydrogen-bond donors (Lipinski definition) is 1. The van der Waals surface area contributed by atoms with Crippen molar-refractivity contribution in [2.45, 2.75) is 19.9 Å². The van der Waals surface area contributed by atoms with Crippen molar-refractivity contribution in [3.05, 3.63) is 27.2 Å². The molecule has 2 aromatic rings. The van der Waals surface area contributed by atoms with Crippen molar-refractivity contribution in [1.82, 2.24) is 24.0 Å². The second-order valence-corrected chi connectivity index (χ2v) is 5.04. The van der Waals surface area contributed by atoms with E-state index in [0.29, 0.717) is 17.7 Å². The lowest BCUT2D eigenvalue weighted by Crippen LogP contribution is -2.38. The van der Waals surface area contributed by atoms with Crippen molar-refractivity contribution in [2.24, 2.45) is 14.1 Å². The minimum absolute atomic E-state index is 0.166. The molecule has 2 heterocycles. The average molecular weight is 307 g/mol. The number of carbonyl (C=O) groups excluding carboxylic acids is 2. The molecule has 9 nitrogen and oxygen atoms in total. The molecular formula is C13H17N5O4. The zero-order chi connectivity index (χ0) is 16.4. The molecule has 2 rings (SSSR count). The highest BCUT2D eigenvalue weighted by Gasteiger charge is 2.14. The van der Waals surface area contributed by atoms with Crippen LogP contribution in [0.3, 0.4) is 0 Å². The fourth-order valence-electron chi connectivity index (χ4n) is 2.17. The van der Waals surface area contributed by atoms with Gasteiger partial charge in [-0.15, -0.1) is 0 Å². The molecule has 0 radical (unpaired) electrons. The zero-order valence-corrected chi connectivity index (χ0v) is 12.6. The largest absolute Gasteiger partial charge is 0.354 e. The summed E-state index contributed by atoms with van der Waals surface area (Å²) in [4.78, 5) is 50.3. The number of nitrogens with one attached hydrogen (secondary N) is 1. The smallest absolute Gasteiger partial charge is 0.332 e. The first-order valence-electron chi connectivity index (χ1n) is 6.70. The van der Waals surface area contributed by atoms with Crippen LogP contribution >= 0.6 is 0 Å². The molecule has 2 aromatic heterocycles. The Labute approximate surface area is 125 Å². The van der Waals surface area contributed by atoms with Crippen molar-refractivity contribution in [3.8, 4) is 0 Å². The Morgan fingerprint density at radius 3 is 2.55 bits per heavy atom. The van der Waals surface area contributed by atoms with Gasteiger partial charge in [0.05, 0.1) is 12.7 Å². The maximum absolute atomic E-state index is 12.2. The second-order valence-electron chi connectivity index (χ2n) is 5.04. The van der Waals surface area contributed by atoms with Crippen LogP contribution in [0.4, 0.5) is 0 Å². The van der Waals surface area contributed by atoms with Crippen molar-refractivity contribution in [3.63, 3.8) is 0 Å². The number of aromatic nitrogens is 4. The lowest BCUT2D eigenvalue weighted by atomic mass is 10.3. The van der Waals surface area contributed by atoms with Gasteiger partial charge in [0.2, 0.25) is 5.91 Å². The van der Waals surface area contributed by atoms with Crippen molar-refractivity contribution >= 4 is 22.9 Å². The van der Waals surface area contributed by atoms with Gasteiger partial charge in [-0.3, -0.25) is 23.5 Å². The number of aryl methyl sites for hydroxylation is 1. The molecule has 118 valence electrons. The Morgan fingerprint density at radius 2 is 1.91 bits per heavy atom. The van der Waals surface area contributed by atoms with Crippen molar-refractivity contribution in [1.29, 1.82) is 0 Å². The molecule has 0 aliphatic heterocycles. The molecule has 0 fully saturated rings. The number of hydrogen-bond acceptors (Lipinski definition) is 5. The molecule has 0 saturated carbocycles. The van der Waals surface area contributed by atoms with Gasteiger partial charge in [-0.1, -0.05) is 0 Å². The third kappa shape index (κ3) is 2.83. The SMILES string of the molecule is CC(=O)CC(=O)NCCn1cnc2c1c(=O)n(C)c(=O)n2C. The van der Waals surface area contributed by atoms with E-state index < -0.39 is 11.2 Å². The van der Waals surface area contributed by atoms with Gasteiger partial charge in [-0.2, -0.15) is 0 Å². The standard InChI is InChI=1S/C13H17N5O4/c1-8(19)6-9(20)14-4-5-18-7-15-11-10(18)12(21)17(3)13(22)16(11)2/h7H,4-6H2,1-3H3,(H,14,20). The van der Waals surface area contributed by atoms with Crippen LogP contribution in [0, 0.1) is 0 Å². The molecule has 9 heteroatoms. The van der Waals surface area contributed by atoms with E-state index in [0.717, 1.165) is 4.57 Å². The molecule has 0 unspecified atom stereocenters. The van der Waals surface area contributed by atoms with E-state index in [1.54, 1.807) is 4.57 Å². The molecule has 0 saturated heterocycles. The fraction of sp³-hybridized carbons (Fsp3) is 0.462. The first-order chi connectivity index (χ1) is 10.3. The number of ketones is 1. The Hall–Kier alpha value is -2.71. The Morgan fingerprint density at radius 1 is 1.23 bits per heavy atom. The first kappa shape index (κ1) is 15.7. The minimum Gasteiger partial charge on any atom is -0.354 e. The van der Waals surface area contributed by atoms with Crippen LogP contribution in [-0.4, -0.2) is 36.9 Å². The van der Waals surface area contributed by atoms with Gasteiger partial charge in [0.15, 0.2) is 11.2 Å². The minimum atomic E-state index is -0.447. The number of Topliss-reactive ketones (excluding diaryl/α,β-unsaturated/α-hetero) is 1.